The largest absolute Gasteiger partial charge is 0.493 e. The molecule has 1 aromatic carbocycles. The van der Waals surface area contributed by atoms with Crippen LogP contribution in [0.25, 0.3) is 0 Å². The lowest BCUT2D eigenvalue weighted by molar-refractivity contribution is 0.0276. The fourth-order valence-corrected chi connectivity index (χ4v) is 4.37. The maximum Gasteiger partial charge on any atom is 0.410 e. The maximum absolute atomic E-state index is 12.7. The number of fused-ring (bicyclic) bond motifs is 2. The first-order chi connectivity index (χ1) is 11.6. The van der Waals surface area contributed by atoms with Crippen LogP contribution in [0.15, 0.2) is 22.7 Å². The molecule has 0 radical (unpaired) electrons. The van der Waals surface area contributed by atoms with Crippen molar-refractivity contribution in [2.24, 2.45) is 0 Å². The molecule has 2 unspecified atom stereocenters. The van der Waals surface area contributed by atoms with Gasteiger partial charge in [-0.15, -0.1) is 0 Å². The zero-order chi connectivity index (χ0) is 18.4. The number of ether oxygens (including phenoxy) is 2. The number of rotatable bonds is 1. The number of carbonyl (C=O) groups excluding carboxylic acids is 1. The minimum atomic E-state index is -0.487. The summed E-state index contributed by atoms with van der Waals surface area (Å²) in [5, 5.41) is 0. The van der Waals surface area contributed by atoms with Crippen molar-refractivity contribution in [2.45, 2.75) is 44.2 Å². The predicted molar refractivity (Wildman–Crippen MR) is 101 cm³/mol. The molecule has 1 amide bonds. The van der Waals surface area contributed by atoms with Crippen molar-refractivity contribution in [3.63, 3.8) is 0 Å². The summed E-state index contributed by atoms with van der Waals surface area (Å²) in [4.78, 5) is 16.7. The van der Waals surface area contributed by atoms with Gasteiger partial charge in [0.05, 0.1) is 6.61 Å². The average molecular weight is 411 g/mol. The number of likely N-dealkylation sites (N-methyl/N-ethyl adjacent to an activating group) is 1. The van der Waals surface area contributed by atoms with E-state index in [9.17, 15) is 4.79 Å². The average Bonchev–Trinajstić information content (AvgIpc) is 2.86. The van der Waals surface area contributed by atoms with Crippen molar-refractivity contribution < 1.29 is 14.3 Å². The maximum atomic E-state index is 12.7. The van der Waals surface area contributed by atoms with Crippen molar-refractivity contribution in [2.75, 3.05) is 33.8 Å². The van der Waals surface area contributed by atoms with E-state index in [2.05, 4.69) is 47.1 Å². The molecule has 2 atom stereocenters. The molecule has 0 N–H and O–H groups in total. The smallest absolute Gasteiger partial charge is 0.410 e. The van der Waals surface area contributed by atoms with Gasteiger partial charge in [0, 0.05) is 34.6 Å². The first-order valence-electron chi connectivity index (χ1n) is 8.69. The Hall–Kier alpha value is -1.27. The molecule has 0 saturated carbocycles. The van der Waals surface area contributed by atoms with Crippen molar-refractivity contribution >= 4 is 22.0 Å². The second kappa shape index (κ2) is 6.47. The second-order valence-electron chi connectivity index (χ2n) is 8.24. The third-order valence-corrected chi connectivity index (χ3v) is 5.56. The van der Waals surface area contributed by atoms with E-state index >= 15 is 0 Å². The molecule has 1 aromatic rings. The van der Waals surface area contributed by atoms with Crippen LogP contribution < -0.4 is 4.74 Å². The van der Waals surface area contributed by atoms with Crippen molar-refractivity contribution in [1.29, 1.82) is 0 Å². The van der Waals surface area contributed by atoms with Crippen LogP contribution in [0.4, 0.5) is 4.79 Å². The Morgan fingerprint density at radius 3 is 2.76 bits per heavy atom. The molecular weight excluding hydrogens is 384 g/mol. The Morgan fingerprint density at radius 2 is 2.12 bits per heavy atom. The first-order valence-corrected chi connectivity index (χ1v) is 9.49. The van der Waals surface area contributed by atoms with E-state index < -0.39 is 5.60 Å². The number of halogens is 1. The normalized spacial score (nSPS) is 25.9. The third-order valence-electron chi connectivity index (χ3n) is 5.07. The molecule has 25 heavy (non-hydrogen) atoms. The third kappa shape index (κ3) is 3.51. The highest BCUT2D eigenvalue weighted by molar-refractivity contribution is 9.10. The standard InChI is InChI=1S/C19H27BrN2O3/c1-18(2,3)25-17(23)22-11-16(21(4)5)19(12-22)8-9-24-15-10-13(20)6-7-14(15)19/h6-7,10,16H,8-9,11-12H2,1-5H3. The van der Waals surface area contributed by atoms with Gasteiger partial charge in [-0.1, -0.05) is 22.0 Å². The molecule has 0 bridgehead atoms. The van der Waals surface area contributed by atoms with E-state index in [-0.39, 0.29) is 17.6 Å². The van der Waals surface area contributed by atoms with Gasteiger partial charge in [0.1, 0.15) is 11.4 Å². The molecule has 0 aliphatic carbocycles. The van der Waals surface area contributed by atoms with Crippen LogP contribution in [0.2, 0.25) is 0 Å². The molecule has 138 valence electrons. The quantitative estimate of drug-likeness (QED) is 0.708. The van der Waals surface area contributed by atoms with Crippen LogP contribution in [-0.4, -0.2) is 61.3 Å². The summed E-state index contributed by atoms with van der Waals surface area (Å²) in [5.74, 6) is 0.915. The molecule has 2 aliphatic rings. The van der Waals surface area contributed by atoms with Crippen LogP contribution in [0.3, 0.4) is 0 Å². The SMILES string of the molecule is CN(C)C1CN(C(=O)OC(C)(C)C)CC12CCOc1cc(Br)ccc12. The molecule has 5 nitrogen and oxygen atoms in total. The summed E-state index contributed by atoms with van der Waals surface area (Å²) in [7, 11) is 4.16. The molecule has 1 spiro atoms. The molecule has 2 aliphatic heterocycles. The summed E-state index contributed by atoms with van der Waals surface area (Å²) in [6.07, 6.45) is 0.658. The molecule has 3 rings (SSSR count). The Bertz CT molecular complexity index is 671. The topological polar surface area (TPSA) is 42.0 Å². The number of carbonyl (C=O) groups is 1. The lowest BCUT2D eigenvalue weighted by Crippen LogP contribution is -2.49. The summed E-state index contributed by atoms with van der Waals surface area (Å²) in [6, 6.07) is 6.44. The van der Waals surface area contributed by atoms with Crippen LogP contribution in [0.1, 0.15) is 32.8 Å². The van der Waals surface area contributed by atoms with Gasteiger partial charge >= 0.3 is 6.09 Å². The fourth-order valence-electron chi connectivity index (χ4n) is 4.03. The Labute approximate surface area is 158 Å². The number of hydrogen-bond acceptors (Lipinski definition) is 4. The summed E-state index contributed by atoms with van der Waals surface area (Å²) in [5.41, 5.74) is 0.569. The zero-order valence-corrected chi connectivity index (χ0v) is 17.2. The number of nitrogens with zero attached hydrogens (tertiary/aromatic N) is 2. The fraction of sp³-hybridized carbons (Fsp3) is 0.632. The molecule has 2 heterocycles. The summed E-state index contributed by atoms with van der Waals surface area (Å²) < 4.78 is 12.5. The number of benzene rings is 1. The number of likely N-dealkylation sites (tertiary alicyclic amines) is 1. The van der Waals surface area contributed by atoms with Crippen LogP contribution >= 0.6 is 15.9 Å². The molecule has 1 fully saturated rings. The van der Waals surface area contributed by atoms with Gasteiger partial charge in [-0.05, 0) is 53.4 Å². The van der Waals surface area contributed by atoms with Crippen LogP contribution in [0, 0.1) is 0 Å². The Morgan fingerprint density at radius 1 is 1.40 bits per heavy atom. The number of hydrogen-bond donors (Lipinski definition) is 0. The van der Waals surface area contributed by atoms with E-state index in [1.54, 1.807) is 0 Å². The van der Waals surface area contributed by atoms with E-state index in [1.807, 2.05) is 31.7 Å². The van der Waals surface area contributed by atoms with Gasteiger partial charge in [-0.25, -0.2) is 4.79 Å². The predicted octanol–water partition coefficient (Wildman–Crippen LogP) is 3.65. The van der Waals surface area contributed by atoms with Crippen LogP contribution in [-0.2, 0) is 10.2 Å². The van der Waals surface area contributed by atoms with Crippen LogP contribution in [0.5, 0.6) is 5.75 Å². The van der Waals surface area contributed by atoms with E-state index in [4.69, 9.17) is 9.47 Å². The Balaban J connectivity index is 1.97. The van der Waals surface area contributed by atoms with Gasteiger partial charge in [0.15, 0.2) is 0 Å². The van der Waals surface area contributed by atoms with Gasteiger partial charge < -0.3 is 19.3 Å². The summed E-state index contributed by atoms with van der Waals surface area (Å²) >= 11 is 3.52. The monoisotopic (exact) mass is 410 g/mol. The van der Waals surface area contributed by atoms with Gasteiger partial charge in [0.2, 0.25) is 0 Å². The number of amides is 1. The molecule has 6 heteroatoms. The summed E-state index contributed by atoms with van der Waals surface area (Å²) in [6.45, 7) is 7.69. The minimum absolute atomic E-state index is 0.130. The van der Waals surface area contributed by atoms with Crippen molar-refractivity contribution in [1.82, 2.24) is 9.80 Å². The molecule has 1 saturated heterocycles. The van der Waals surface area contributed by atoms with Gasteiger partial charge in [0.25, 0.3) is 0 Å². The van der Waals surface area contributed by atoms with Crippen molar-refractivity contribution in [3.8, 4) is 5.75 Å². The molecule has 0 aromatic heterocycles. The zero-order valence-electron chi connectivity index (χ0n) is 15.6. The van der Waals surface area contributed by atoms with Crippen molar-refractivity contribution in [3.05, 3.63) is 28.2 Å². The Kier molecular flexibility index (Phi) is 4.79. The van der Waals surface area contributed by atoms with Gasteiger partial charge in [-0.2, -0.15) is 0 Å². The van der Waals surface area contributed by atoms with E-state index in [0.717, 1.165) is 16.6 Å². The van der Waals surface area contributed by atoms with E-state index in [0.29, 0.717) is 19.7 Å². The van der Waals surface area contributed by atoms with Gasteiger partial charge in [-0.3, -0.25) is 0 Å². The second-order valence-corrected chi connectivity index (χ2v) is 9.15. The lowest BCUT2D eigenvalue weighted by Gasteiger charge is -2.42. The molecular formula is C19H27BrN2O3. The minimum Gasteiger partial charge on any atom is -0.493 e. The highest BCUT2D eigenvalue weighted by Crippen LogP contribution is 2.47. The highest BCUT2D eigenvalue weighted by atomic mass is 79.9. The first kappa shape index (κ1) is 18.5. The highest BCUT2D eigenvalue weighted by Gasteiger charge is 2.53. The lowest BCUT2D eigenvalue weighted by atomic mass is 9.72. The van der Waals surface area contributed by atoms with E-state index in [1.165, 1.54) is 5.56 Å².